The molecule has 1 aliphatic rings. The van der Waals surface area contributed by atoms with E-state index in [1.807, 2.05) is 62.4 Å². The lowest BCUT2D eigenvalue weighted by Crippen LogP contribution is -2.41. The van der Waals surface area contributed by atoms with Crippen LogP contribution in [0.4, 0.5) is 5.69 Å². The van der Waals surface area contributed by atoms with Crippen molar-refractivity contribution in [3.8, 4) is 11.5 Å². The topological polar surface area (TPSA) is 59.1 Å². The second-order valence-corrected chi connectivity index (χ2v) is 9.74. The van der Waals surface area contributed by atoms with Gasteiger partial charge >= 0.3 is 0 Å². The molecule has 0 unspecified atom stereocenters. The highest BCUT2D eigenvalue weighted by Gasteiger charge is 2.36. The minimum absolute atomic E-state index is 0.00795. The van der Waals surface area contributed by atoms with Gasteiger partial charge in [0.1, 0.15) is 0 Å². The van der Waals surface area contributed by atoms with Crippen LogP contribution in [0.1, 0.15) is 60.3 Å². The molecule has 0 saturated heterocycles. The number of methoxy groups -OCH3 is 1. The first kappa shape index (κ1) is 26.6. The van der Waals surface area contributed by atoms with Gasteiger partial charge in [-0.15, -0.1) is 0 Å². The average Bonchev–Trinajstić information content (AvgIpc) is 2.92. The number of rotatable bonds is 8. The van der Waals surface area contributed by atoms with Gasteiger partial charge in [0, 0.05) is 29.9 Å². The summed E-state index contributed by atoms with van der Waals surface area (Å²) < 4.78 is 11.8. The number of ether oxygens (including phenoxy) is 2. The zero-order valence-electron chi connectivity index (χ0n) is 22.0. The summed E-state index contributed by atoms with van der Waals surface area (Å²) in [6.45, 7) is 6.63. The molecular weight excluding hydrogens is 488 g/mol. The molecule has 0 radical (unpaired) electrons. The highest BCUT2D eigenvalue weighted by atomic mass is 35.5. The first-order chi connectivity index (χ1) is 17.8. The first-order valence-electron chi connectivity index (χ1n) is 12.6. The highest BCUT2D eigenvalue weighted by Crippen LogP contribution is 2.43. The lowest BCUT2D eigenvalue weighted by molar-refractivity contribution is -0.118. The van der Waals surface area contributed by atoms with Gasteiger partial charge in [-0.3, -0.25) is 9.59 Å². The predicted molar refractivity (Wildman–Crippen MR) is 147 cm³/mol. The molecule has 6 nitrogen and oxygen atoms in total. The Kier molecular flexibility index (Phi) is 8.08. The minimum Gasteiger partial charge on any atom is -0.493 e. The van der Waals surface area contributed by atoms with E-state index in [2.05, 4.69) is 6.92 Å². The highest BCUT2D eigenvalue weighted by molar-refractivity contribution is 6.30. The zero-order valence-corrected chi connectivity index (χ0v) is 22.7. The predicted octanol–water partition coefficient (Wildman–Crippen LogP) is 6.30. The standard InChI is InChI=1S/C30H33ClN2O4/c1-6-19(3)37-27-18-25-22(16-26(27)36-5)17-28(34)33(29(25)20-8-12-23(31)13-9-20)24-14-10-21(11-15-24)30(35)32(4)7-2/h8-16,18-19,29H,6-7,17H2,1-5H3/t19-,29+/m1/s1. The number of nitrogens with zero attached hydrogens (tertiary/aromatic N) is 2. The normalized spacial score (nSPS) is 15.7. The number of hydrogen-bond acceptors (Lipinski definition) is 4. The van der Waals surface area contributed by atoms with E-state index in [1.165, 1.54) is 0 Å². The Morgan fingerprint density at radius 3 is 2.35 bits per heavy atom. The van der Waals surface area contributed by atoms with Gasteiger partial charge in [0.25, 0.3) is 5.91 Å². The smallest absolute Gasteiger partial charge is 0.253 e. The number of benzene rings is 3. The van der Waals surface area contributed by atoms with Crippen molar-refractivity contribution in [3.05, 3.63) is 87.9 Å². The van der Waals surface area contributed by atoms with Gasteiger partial charge in [-0.05, 0) is 85.5 Å². The summed E-state index contributed by atoms with van der Waals surface area (Å²) in [7, 11) is 3.38. The van der Waals surface area contributed by atoms with Gasteiger partial charge in [0.2, 0.25) is 5.91 Å². The van der Waals surface area contributed by atoms with Gasteiger partial charge in [-0.25, -0.2) is 0 Å². The summed E-state index contributed by atoms with van der Waals surface area (Å²) in [5, 5.41) is 0.621. The van der Waals surface area contributed by atoms with E-state index in [1.54, 1.807) is 36.1 Å². The third-order valence-corrected chi connectivity index (χ3v) is 7.14. The van der Waals surface area contributed by atoms with Gasteiger partial charge in [-0.1, -0.05) is 30.7 Å². The molecule has 0 saturated carbocycles. The Labute approximate surface area is 223 Å². The van der Waals surface area contributed by atoms with E-state index < -0.39 is 6.04 Å². The number of carbonyl (C=O) groups excluding carboxylic acids is 2. The van der Waals surface area contributed by atoms with Crippen LogP contribution < -0.4 is 14.4 Å². The zero-order chi connectivity index (χ0) is 26.7. The molecule has 1 aliphatic heterocycles. The summed E-state index contributed by atoms with van der Waals surface area (Å²) in [6, 6.07) is 18.3. The van der Waals surface area contributed by atoms with Gasteiger partial charge < -0.3 is 19.3 Å². The van der Waals surface area contributed by atoms with Crippen LogP contribution in [0, 0.1) is 0 Å². The quantitative estimate of drug-likeness (QED) is 0.350. The van der Waals surface area contributed by atoms with E-state index in [0.29, 0.717) is 34.3 Å². The van der Waals surface area contributed by atoms with Crippen molar-refractivity contribution in [2.24, 2.45) is 0 Å². The van der Waals surface area contributed by atoms with Crippen LogP contribution >= 0.6 is 11.6 Å². The van der Waals surface area contributed by atoms with Crippen LogP contribution in [0.25, 0.3) is 0 Å². The van der Waals surface area contributed by atoms with Crippen molar-refractivity contribution < 1.29 is 19.1 Å². The summed E-state index contributed by atoms with van der Waals surface area (Å²) >= 11 is 6.20. The van der Waals surface area contributed by atoms with Gasteiger partial charge in [0.15, 0.2) is 11.5 Å². The molecule has 0 bridgehead atoms. The fourth-order valence-corrected chi connectivity index (χ4v) is 4.63. The van der Waals surface area contributed by atoms with Crippen molar-refractivity contribution in [1.29, 1.82) is 0 Å². The maximum Gasteiger partial charge on any atom is 0.253 e. The summed E-state index contributed by atoms with van der Waals surface area (Å²) in [5.74, 6) is 1.15. The van der Waals surface area contributed by atoms with Crippen LogP contribution in [0.5, 0.6) is 11.5 Å². The van der Waals surface area contributed by atoms with Gasteiger partial charge in [-0.2, -0.15) is 0 Å². The molecule has 0 spiro atoms. The van der Waals surface area contributed by atoms with Crippen LogP contribution in [-0.2, 0) is 11.2 Å². The molecule has 7 heteroatoms. The Hall–Kier alpha value is -3.51. The molecule has 194 valence electrons. The molecule has 2 amide bonds. The van der Waals surface area contributed by atoms with E-state index >= 15 is 0 Å². The number of hydrogen-bond donors (Lipinski definition) is 0. The van der Waals surface area contributed by atoms with Crippen molar-refractivity contribution in [2.75, 3.05) is 25.6 Å². The summed E-state index contributed by atoms with van der Waals surface area (Å²) in [4.78, 5) is 29.7. The molecule has 4 rings (SSSR count). The Bertz CT molecular complexity index is 1270. The van der Waals surface area contributed by atoms with Crippen molar-refractivity contribution in [2.45, 2.75) is 45.8 Å². The molecule has 1 heterocycles. The molecule has 0 aliphatic carbocycles. The number of halogens is 1. The van der Waals surface area contributed by atoms with E-state index in [0.717, 1.165) is 23.1 Å². The Morgan fingerprint density at radius 1 is 1.08 bits per heavy atom. The van der Waals surface area contributed by atoms with E-state index in [-0.39, 0.29) is 24.3 Å². The maximum absolute atomic E-state index is 13.6. The summed E-state index contributed by atoms with van der Waals surface area (Å²) in [5.41, 5.74) is 4.07. The lowest BCUT2D eigenvalue weighted by atomic mass is 9.86. The summed E-state index contributed by atoms with van der Waals surface area (Å²) in [6.07, 6.45) is 1.08. The Balaban J connectivity index is 1.84. The van der Waals surface area contributed by atoms with Crippen LogP contribution in [0.3, 0.4) is 0 Å². The molecule has 0 N–H and O–H groups in total. The molecule has 3 aromatic rings. The first-order valence-corrected chi connectivity index (χ1v) is 13.0. The number of anilines is 1. The molecule has 3 aromatic carbocycles. The van der Waals surface area contributed by atoms with Crippen LogP contribution in [0.15, 0.2) is 60.7 Å². The molecular formula is C30H33ClN2O4. The third-order valence-electron chi connectivity index (χ3n) is 6.89. The third kappa shape index (κ3) is 5.44. The SMILES string of the molecule is CC[C@@H](C)Oc1cc2c(cc1OC)CC(=O)N(c1ccc(C(=O)N(C)CC)cc1)[C@H]2c1ccc(Cl)cc1. The largest absolute Gasteiger partial charge is 0.493 e. The van der Waals surface area contributed by atoms with Crippen LogP contribution in [0.2, 0.25) is 5.02 Å². The Morgan fingerprint density at radius 2 is 1.76 bits per heavy atom. The molecule has 2 atom stereocenters. The number of carbonyl (C=O) groups is 2. The second kappa shape index (κ2) is 11.3. The van der Waals surface area contributed by atoms with Gasteiger partial charge in [0.05, 0.1) is 25.7 Å². The van der Waals surface area contributed by atoms with Crippen molar-refractivity contribution >= 4 is 29.1 Å². The second-order valence-electron chi connectivity index (χ2n) is 9.30. The molecule has 0 aromatic heterocycles. The number of amides is 2. The fraction of sp³-hybridized carbons (Fsp3) is 0.333. The van der Waals surface area contributed by atoms with Crippen molar-refractivity contribution in [1.82, 2.24) is 4.90 Å². The van der Waals surface area contributed by atoms with Crippen molar-refractivity contribution in [3.63, 3.8) is 0 Å². The lowest BCUT2D eigenvalue weighted by Gasteiger charge is -2.38. The maximum atomic E-state index is 13.6. The monoisotopic (exact) mass is 520 g/mol. The van der Waals surface area contributed by atoms with E-state index in [9.17, 15) is 9.59 Å². The molecule has 37 heavy (non-hydrogen) atoms. The average molecular weight is 521 g/mol. The van der Waals surface area contributed by atoms with Crippen LogP contribution in [-0.4, -0.2) is 43.5 Å². The minimum atomic E-state index is -0.404. The fourth-order valence-electron chi connectivity index (χ4n) is 4.50. The molecule has 0 fully saturated rings. The van der Waals surface area contributed by atoms with E-state index in [4.69, 9.17) is 21.1 Å². The number of fused-ring (bicyclic) bond motifs is 1.